The van der Waals surface area contributed by atoms with Crippen LogP contribution in [0.4, 0.5) is 11.5 Å². The summed E-state index contributed by atoms with van der Waals surface area (Å²) in [5.74, 6) is 1.05. The molecule has 0 radical (unpaired) electrons. The van der Waals surface area contributed by atoms with Gasteiger partial charge in [-0.3, -0.25) is 4.79 Å². The van der Waals surface area contributed by atoms with Crippen LogP contribution in [0.1, 0.15) is 26.7 Å². The van der Waals surface area contributed by atoms with Crippen LogP contribution in [0.25, 0.3) is 0 Å². The van der Waals surface area contributed by atoms with Crippen molar-refractivity contribution in [1.82, 2.24) is 4.98 Å². The number of carbonyl (C=O) groups is 1. The van der Waals surface area contributed by atoms with E-state index < -0.39 is 0 Å². The molecule has 2 heterocycles. The van der Waals surface area contributed by atoms with E-state index in [1.165, 1.54) is 0 Å². The predicted molar refractivity (Wildman–Crippen MR) is 74.9 cm³/mol. The molecule has 0 spiro atoms. The van der Waals surface area contributed by atoms with Crippen molar-refractivity contribution in [3.05, 3.63) is 16.7 Å². The number of amides is 1. The van der Waals surface area contributed by atoms with Gasteiger partial charge in [-0.1, -0.05) is 0 Å². The molecule has 2 aliphatic rings. The molecule has 1 atom stereocenters. The van der Waals surface area contributed by atoms with E-state index in [2.05, 4.69) is 32.7 Å². The average molecular weight is 310 g/mol. The normalized spacial score (nSPS) is 25.1. The zero-order valence-corrected chi connectivity index (χ0v) is 12.4. The molecular weight excluding hydrogens is 294 g/mol. The predicted octanol–water partition coefficient (Wildman–Crippen LogP) is 2.57. The van der Waals surface area contributed by atoms with Crippen LogP contribution in [0.15, 0.2) is 16.7 Å². The summed E-state index contributed by atoms with van der Waals surface area (Å²) < 4.78 is 0.811. The Bertz CT molecular complexity index is 527. The molecule has 1 aromatic heterocycles. The van der Waals surface area contributed by atoms with Crippen LogP contribution in [0.5, 0.6) is 0 Å². The zero-order valence-electron chi connectivity index (χ0n) is 10.8. The molecule has 4 nitrogen and oxygen atoms in total. The minimum atomic E-state index is -0.142. The topological polar surface area (TPSA) is 36.4 Å². The van der Waals surface area contributed by atoms with Gasteiger partial charge in [-0.25, -0.2) is 4.98 Å². The van der Waals surface area contributed by atoms with Crippen LogP contribution in [0.3, 0.4) is 0 Å². The number of anilines is 2. The van der Waals surface area contributed by atoms with Gasteiger partial charge in [0.25, 0.3) is 0 Å². The van der Waals surface area contributed by atoms with E-state index in [1.54, 1.807) is 4.90 Å². The number of likely N-dealkylation sites (N-methyl/N-ethyl adjacent to an activating group) is 1. The lowest BCUT2D eigenvalue weighted by Crippen LogP contribution is -2.55. The third-order valence-electron chi connectivity index (χ3n) is 4.04. The molecule has 0 aromatic carbocycles. The van der Waals surface area contributed by atoms with Gasteiger partial charge in [-0.2, -0.15) is 0 Å². The Morgan fingerprint density at radius 2 is 2.11 bits per heavy atom. The molecule has 0 bridgehead atoms. The first-order chi connectivity index (χ1) is 8.44. The van der Waals surface area contributed by atoms with Crippen LogP contribution >= 0.6 is 15.9 Å². The first kappa shape index (κ1) is 12.0. The van der Waals surface area contributed by atoms with Gasteiger partial charge in [-0.15, -0.1) is 0 Å². The number of hydrogen-bond acceptors (Lipinski definition) is 3. The highest BCUT2D eigenvalue weighted by Gasteiger charge is 2.50. The van der Waals surface area contributed by atoms with Crippen molar-refractivity contribution in [2.75, 3.05) is 16.8 Å². The van der Waals surface area contributed by atoms with Crippen molar-refractivity contribution < 1.29 is 4.79 Å². The molecule has 0 saturated heterocycles. The maximum Gasteiger partial charge on any atom is 0.249 e. The van der Waals surface area contributed by atoms with Gasteiger partial charge in [0.1, 0.15) is 10.6 Å². The molecular formula is C13H16BrN3O. The number of aromatic nitrogens is 1. The van der Waals surface area contributed by atoms with Gasteiger partial charge in [0.2, 0.25) is 5.91 Å². The van der Waals surface area contributed by atoms with Crippen molar-refractivity contribution in [1.29, 1.82) is 0 Å². The largest absolute Gasteiger partial charge is 0.338 e. The average Bonchev–Trinajstić information content (AvgIpc) is 3.05. The van der Waals surface area contributed by atoms with Crippen LogP contribution < -0.4 is 9.80 Å². The van der Waals surface area contributed by atoms with Gasteiger partial charge in [0.15, 0.2) is 5.82 Å². The first-order valence-electron chi connectivity index (χ1n) is 6.17. The monoisotopic (exact) mass is 309 g/mol. The Labute approximate surface area is 115 Å². The second-order valence-electron chi connectivity index (χ2n) is 5.42. The lowest BCUT2D eigenvalue weighted by Gasteiger charge is -2.43. The second-order valence-corrected chi connectivity index (χ2v) is 6.23. The van der Waals surface area contributed by atoms with Crippen LogP contribution in [-0.4, -0.2) is 29.5 Å². The third kappa shape index (κ3) is 1.56. The Morgan fingerprint density at radius 3 is 2.72 bits per heavy atom. The van der Waals surface area contributed by atoms with Crippen molar-refractivity contribution in [2.45, 2.75) is 38.3 Å². The molecule has 5 heteroatoms. The second kappa shape index (κ2) is 3.70. The van der Waals surface area contributed by atoms with E-state index in [1.807, 2.05) is 26.1 Å². The Balaban J connectivity index is 2.18. The SMILES string of the molecule is CC1C(=O)N(C)c2ccc(Br)nc2N1C1(C)CC1. The lowest BCUT2D eigenvalue weighted by atomic mass is 10.1. The van der Waals surface area contributed by atoms with E-state index >= 15 is 0 Å². The quantitative estimate of drug-likeness (QED) is 0.748. The third-order valence-corrected chi connectivity index (χ3v) is 4.48. The highest BCUT2D eigenvalue weighted by Crippen LogP contribution is 2.48. The summed E-state index contributed by atoms with van der Waals surface area (Å²) in [5, 5.41) is 0. The van der Waals surface area contributed by atoms with E-state index in [4.69, 9.17) is 0 Å². The number of rotatable bonds is 1. The van der Waals surface area contributed by atoms with Gasteiger partial charge >= 0.3 is 0 Å². The Kier molecular flexibility index (Phi) is 2.46. The Morgan fingerprint density at radius 1 is 1.44 bits per heavy atom. The molecule has 1 unspecified atom stereocenters. The lowest BCUT2D eigenvalue weighted by molar-refractivity contribution is -0.119. The molecule has 96 valence electrons. The van der Waals surface area contributed by atoms with Gasteiger partial charge in [-0.05, 0) is 54.8 Å². The molecule has 18 heavy (non-hydrogen) atoms. The van der Waals surface area contributed by atoms with E-state index in [-0.39, 0.29) is 17.5 Å². The van der Waals surface area contributed by atoms with E-state index in [0.717, 1.165) is 29.0 Å². The molecule has 1 aromatic rings. The summed E-state index contributed by atoms with van der Waals surface area (Å²) in [7, 11) is 1.82. The Hall–Kier alpha value is -1.10. The van der Waals surface area contributed by atoms with Crippen molar-refractivity contribution in [3.8, 4) is 0 Å². The maximum atomic E-state index is 12.3. The number of hydrogen-bond donors (Lipinski definition) is 0. The molecule has 1 aliphatic heterocycles. The molecule has 1 amide bonds. The molecule has 1 aliphatic carbocycles. The van der Waals surface area contributed by atoms with Crippen LogP contribution in [0.2, 0.25) is 0 Å². The standard InChI is InChI=1S/C13H16BrN3O/c1-8-12(18)16(3)9-4-5-10(14)15-11(9)17(8)13(2)6-7-13/h4-5,8H,6-7H2,1-3H3. The zero-order chi connectivity index (χ0) is 13.1. The summed E-state index contributed by atoms with van der Waals surface area (Å²) in [4.78, 5) is 20.8. The number of nitrogens with zero attached hydrogens (tertiary/aromatic N) is 3. The van der Waals surface area contributed by atoms with Crippen molar-refractivity contribution in [2.24, 2.45) is 0 Å². The van der Waals surface area contributed by atoms with Crippen LogP contribution in [0, 0.1) is 0 Å². The fourth-order valence-electron chi connectivity index (χ4n) is 2.69. The minimum absolute atomic E-state index is 0.0961. The van der Waals surface area contributed by atoms with Crippen LogP contribution in [-0.2, 0) is 4.79 Å². The number of fused-ring (bicyclic) bond motifs is 1. The smallest absolute Gasteiger partial charge is 0.249 e. The summed E-state index contributed by atoms with van der Waals surface area (Å²) in [5.41, 5.74) is 0.994. The first-order valence-corrected chi connectivity index (χ1v) is 6.97. The van der Waals surface area contributed by atoms with Crippen molar-refractivity contribution >= 4 is 33.3 Å². The molecule has 1 fully saturated rings. The van der Waals surface area contributed by atoms with Gasteiger partial charge < -0.3 is 9.80 Å². The highest BCUT2D eigenvalue weighted by atomic mass is 79.9. The molecule has 0 N–H and O–H groups in total. The van der Waals surface area contributed by atoms with Crippen molar-refractivity contribution in [3.63, 3.8) is 0 Å². The highest BCUT2D eigenvalue weighted by molar-refractivity contribution is 9.10. The minimum Gasteiger partial charge on any atom is -0.338 e. The fraction of sp³-hybridized carbons (Fsp3) is 0.538. The molecule has 3 rings (SSSR count). The summed E-state index contributed by atoms with van der Waals surface area (Å²) in [6.45, 7) is 4.17. The van der Waals surface area contributed by atoms with Gasteiger partial charge in [0, 0.05) is 12.6 Å². The number of pyridine rings is 1. The van der Waals surface area contributed by atoms with Gasteiger partial charge in [0.05, 0.1) is 5.69 Å². The number of halogens is 1. The number of carbonyl (C=O) groups excluding carboxylic acids is 1. The van der Waals surface area contributed by atoms with E-state index in [0.29, 0.717) is 0 Å². The molecule has 1 saturated carbocycles. The fourth-order valence-corrected chi connectivity index (χ4v) is 2.99. The summed E-state index contributed by atoms with van der Waals surface area (Å²) >= 11 is 3.42. The maximum absolute atomic E-state index is 12.3. The summed E-state index contributed by atoms with van der Waals surface area (Å²) in [6.07, 6.45) is 2.25. The van der Waals surface area contributed by atoms with E-state index in [9.17, 15) is 4.79 Å². The summed E-state index contributed by atoms with van der Waals surface area (Å²) in [6, 6.07) is 3.69.